The molecule has 0 aromatic carbocycles. The first-order valence-corrected chi connectivity index (χ1v) is 3.36. The Bertz CT molecular complexity index is 233. The average Bonchev–Trinajstić information content (AvgIpc) is 1.97. The summed E-state index contributed by atoms with van der Waals surface area (Å²) in [5.41, 5.74) is 2.59. The molecule has 0 aliphatic rings. The molecule has 0 amide bonds. The SMILES string of the molecule is NNCc1c(Cl)ccnc1F. The second kappa shape index (κ2) is 3.61. The Morgan fingerprint density at radius 1 is 1.73 bits per heavy atom. The molecule has 3 N–H and O–H groups in total. The number of hydrazine groups is 1. The van der Waals surface area contributed by atoms with Crippen molar-refractivity contribution in [1.29, 1.82) is 0 Å². The zero-order valence-corrected chi connectivity index (χ0v) is 6.40. The number of hydrogen-bond donors (Lipinski definition) is 2. The van der Waals surface area contributed by atoms with E-state index in [0.29, 0.717) is 5.02 Å². The summed E-state index contributed by atoms with van der Waals surface area (Å²) in [7, 11) is 0. The molecule has 0 saturated heterocycles. The molecule has 1 aromatic heterocycles. The van der Waals surface area contributed by atoms with Gasteiger partial charge in [0.05, 0.1) is 5.02 Å². The zero-order valence-electron chi connectivity index (χ0n) is 5.64. The van der Waals surface area contributed by atoms with Crippen LogP contribution in [0.4, 0.5) is 4.39 Å². The third-order valence-corrected chi connectivity index (χ3v) is 1.58. The normalized spacial score (nSPS) is 10.1. The van der Waals surface area contributed by atoms with Crippen molar-refractivity contribution in [2.24, 2.45) is 5.84 Å². The maximum absolute atomic E-state index is 12.7. The molecule has 1 heterocycles. The van der Waals surface area contributed by atoms with Crippen LogP contribution in [0, 0.1) is 5.95 Å². The largest absolute Gasteiger partial charge is 0.271 e. The first-order chi connectivity index (χ1) is 5.25. The maximum atomic E-state index is 12.7. The summed E-state index contributed by atoms with van der Waals surface area (Å²) in [5, 5.41) is 0.329. The number of pyridine rings is 1. The van der Waals surface area contributed by atoms with Gasteiger partial charge in [-0.25, -0.2) is 4.98 Å². The summed E-state index contributed by atoms with van der Waals surface area (Å²) < 4.78 is 12.7. The lowest BCUT2D eigenvalue weighted by Crippen LogP contribution is -2.22. The van der Waals surface area contributed by atoms with Gasteiger partial charge in [0, 0.05) is 18.3 Å². The van der Waals surface area contributed by atoms with E-state index in [1.807, 2.05) is 0 Å². The second-order valence-electron chi connectivity index (χ2n) is 1.94. The van der Waals surface area contributed by atoms with Crippen molar-refractivity contribution in [3.63, 3.8) is 0 Å². The molecular formula is C6H7ClFN3. The molecule has 0 spiro atoms. The summed E-state index contributed by atoms with van der Waals surface area (Å²) >= 11 is 5.63. The van der Waals surface area contributed by atoms with Gasteiger partial charge in [-0.1, -0.05) is 11.6 Å². The number of halogens is 2. The quantitative estimate of drug-likeness (QED) is 0.398. The van der Waals surface area contributed by atoms with E-state index < -0.39 is 5.95 Å². The molecule has 0 bridgehead atoms. The lowest BCUT2D eigenvalue weighted by atomic mass is 10.3. The van der Waals surface area contributed by atoms with Gasteiger partial charge in [-0.15, -0.1) is 0 Å². The number of rotatable bonds is 2. The molecule has 0 aliphatic carbocycles. The molecule has 60 valence electrons. The molecule has 0 atom stereocenters. The van der Waals surface area contributed by atoms with Gasteiger partial charge in [0.25, 0.3) is 0 Å². The van der Waals surface area contributed by atoms with Crippen molar-refractivity contribution < 1.29 is 4.39 Å². The van der Waals surface area contributed by atoms with Crippen LogP contribution in [0.25, 0.3) is 0 Å². The van der Waals surface area contributed by atoms with Crippen LogP contribution in [0.2, 0.25) is 5.02 Å². The fraction of sp³-hybridized carbons (Fsp3) is 0.167. The summed E-state index contributed by atoms with van der Waals surface area (Å²) in [5.74, 6) is 4.41. The molecule has 1 aromatic rings. The number of nitrogens with one attached hydrogen (secondary N) is 1. The lowest BCUT2D eigenvalue weighted by Gasteiger charge is -2.02. The molecule has 0 fully saturated rings. The Kier molecular flexibility index (Phi) is 2.76. The van der Waals surface area contributed by atoms with E-state index in [2.05, 4.69) is 10.4 Å². The predicted molar refractivity (Wildman–Crippen MR) is 40.2 cm³/mol. The van der Waals surface area contributed by atoms with Crippen LogP contribution in [0.5, 0.6) is 0 Å². The minimum atomic E-state index is -0.588. The Hall–Kier alpha value is -0.710. The highest BCUT2D eigenvalue weighted by atomic mass is 35.5. The molecular weight excluding hydrogens is 169 g/mol. The van der Waals surface area contributed by atoms with E-state index in [0.717, 1.165) is 0 Å². The average molecular weight is 176 g/mol. The lowest BCUT2D eigenvalue weighted by molar-refractivity contribution is 0.555. The molecule has 0 saturated carbocycles. The van der Waals surface area contributed by atoms with Crippen molar-refractivity contribution in [1.82, 2.24) is 10.4 Å². The Labute approximate surface area is 68.3 Å². The molecule has 0 unspecified atom stereocenters. The summed E-state index contributed by atoms with van der Waals surface area (Å²) in [6.45, 7) is 0.179. The fourth-order valence-corrected chi connectivity index (χ4v) is 0.906. The molecule has 0 aliphatic heterocycles. The van der Waals surface area contributed by atoms with Gasteiger partial charge in [-0.2, -0.15) is 4.39 Å². The highest BCUT2D eigenvalue weighted by Gasteiger charge is 2.05. The van der Waals surface area contributed by atoms with Crippen molar-refractivity contribution >= 4 is 11.6 Å². The summed E-state index contributed by atoms with van der Waals surface area (Å²) in [6.07, 6.45) is 1.30. The third-order valence-electron chi connectivity index (χ3n) is 1.22. The van der Waals surface area contributed by atoms with Gasteiger partial charge in [0.1, 0.15) is 0 Å². The van der Waals surface area contributed by atoms with Crippen molar-refractivity contribution in [3.8, 4) is 0 Å². The van der Waals surface area contributed by atoms with E-state index in [1.54, 1.807) is 0 Å². The predicted octanol–water partition coefficient (Wildman–Crippen LogP) is 0.837. The molecule has 1 rings (SSSR count). The third kappa shape index (κ3) is 1.86. The Morgan fingerprint density at radius 3 is 3.00 bits per heavy atom. The maximum Gasteiger partial charge on any atom is 0.218 e. The van der Waals surface area contributed by atoms with Gasteiger partial charge < -0.3 is 0 Å². The number of hydrogen-bond acceptors (Lipinski definition) is 3. The highest BCUT2D eigenvalue weighted by Crippen LogP contribution is 2.15. The molecule has 0 radical (unpaired) electrons. The van der Waals surface area contributed by atoms with Gasteiger partial charge in [-0.05, 0) is 6.07 Å². The van der Waals surface area contributed by atoms with Gasteiger partial charge in [0.2, 0.25) is 5.95 Å². The zero-order chi connectivity index (χ0) is 8.27. The second-order valence-corrected chi connectivity index (χ2v) is 2.35. The minimum Gasteiger partial charge on any atom is -0.271 e. The number of aromatic nitrogens is 1. The van der Waals surface area contributed by atoms with Crippen molar-refractivity contribution in [2.45, 2.75) is 6.54 Å². The smallest absolute Gasteiger partial charge is 0.218 e. The van der Waals surface area contributed by atoms with E-state index in [4.69, 9.17) is 17.4 Å². The van der Waals surface area contributed by atoms with Gasteiger partial charge >= 0.3 is 0 Å². The standard InChI is InChI=1S/C6H7ClFN3/c7-5-1-2-10-6(8)4(5)3-11-9/h1-2,11H,3,9H2. The minimum absolute atomic E-state index is 0.179. The molecule has 3 nitrogen and oxygen atoms in total. The summed E-state index contributed by atoms with van der Waals surface area (Å²) in [4.78, 5) is 3.41. The number of nitrogens with two attached hydrogens (primary N) is 1. The van der Waals surface area contributed by atoms with E-state index >= 15 is 0 Å². The van der Waals surface area contributed by atoms with E-state index in [9.17, 15) is 4.39 Å². The Morgan fingerprint density at radius 2 is 2.45 bits per heavy atom. The number of nitrogens with zero attached hydrogens (tertiary/aromatic N) is 1. The first kappa shape index (κ1) is 8.39. The topological polar surface area (TPSA) is 50.9 Å². The van der Waals surface area contributed by atoms with Crippen LogP contribution in [-0.2, 0) is 6.54 Å². The van der Waals surface area contributed by atoms with Gasteiger partial charge in [-0.3, -0.25) is 11.3 Å². The van der Waals surface area contributed by atoms with Crippen LogP contribution in [0.1, 0.15) is 5.56 Å². The van der Waals surface area contributed by atoms with E-state index in [1.165, 1.54) is 12.3 Å². The monoisotopic (exact) mass is 175 g/mol. The van der Waals surface area contributed by atoms with Crippen LogP contribution in [0.3, 0.4) is 0 Å². The molecule has 11 heavy (non-hydrogen) atoms. The summed E-state index contributed by atoms with van der Waals surface area (Å²) in [6, 6.07) is 1.51. The van der Waals surface area contributed by atoms with Crippen molar-refractivity contribution in [2.75, 3.05) is 0 Å². The van der Waals surface area contributed by atoms with Crippen molar-refractivity contribution in [3.05, 3.63) is 28.8 Å². The van der Waals surface area contributed by atoms with Crippen LogP contribution >= 0.6 is 11.6 Å². The van der Waals surface area contributed by atoms with Gasteiger partial charge in [0.15, 0.2) is 0 Å². The Balaban J connectivity index is 3.00. The van der Waals surface area contributed by atoms with Crippen LogP contribution in [0.15, 0.2) is 12.3 Å². The van der Waals surface area contributed by atoms with E-state index in [-0.39, 0.29) is 12.1 Å². The fourth-order valence-electron chi connectivity index (χ4n) is 0.705. The highest BCUT2D eigenvalue weighted by molar-refractivity contribution is 6.31. The van der Waals surface area contributed by atoms with Crippen LogP contribution in [-0.4, -0.2) is 4.98 Å². The van der Waals surface area contributed by atoms with Crippen LogP contribution < -0.4 is 11.3 Å². The molecule has 5 heteroatoms. The first-order valence-electron chi connectivity index (χ1n) is 2.98.